The monoisotopic (exact) mass is 254 g/mol. The Morgan fingerprint density at radius 2 is 1.59 bits per heavy atom. The van der Waals surface area contributed by atoms with Crippen LogP contribution in [0.25, 0.3) is 0 Å². The maximum Gasteiger partial charge on any atom is 0.180 e. The summed E-state index contributed by atoms with van der Waals surface area (Å²) in [5, 5.41) is 0.705. The van der Waals surface area contributed by atoms with Crippen molar-refractivity contribution in [1.82, 2.24) is 4.98 Å². The lowest BCUT2D eigenvalue weighted by Crippen LogP contribution is -1.83. The molecule has 1 heterocycles. The summed E-state index contributed by atoms with van der Waals surface area (Å²) in [6.07, 6.45) is 15.6. The minimum atomic E-state index is 0.705. The maximum absolute atomic E-state index is 5.60. The van der Waals surface area contributed by atoms with Crippen LogP contribution in [0.15, 0.2) is 6.20 Å². The van der Waals surface area contributed by atoms with Gasteiger partial charge in [0.05, 0.1) is 0 Å². The minimum Gasteiger partial charge on any atom is -0.375 e. The Labute approximate surface area is 110 Å². The van der Waals surface area contributed by atoms with Gasteiger partial charge in [-0.3, -0.25) is 0 Å². The van der Waals surface area contributed by atoms with Crippen molar-refractivity contribution >= 4 is 16.5 Å². The first-order valence-corrected chi connectivity index (χ1v) is 7.84. The first-order valence-electron chi connectivity index (χ1n) is 7.03. The van der Waals surface area contributed by atoms with E-state index >= 15 is 0 Å². The van der Waals surface area contributed by atoms with Crippen LogP contribution >= 0.6 is 11.3 Å². The topological polar surface area (TPSA) is 38.9 Å². The Morgan fingerprint density at radius 1 is 1.00 bits per heavy atom. The molecule has 0 unspecified atom stereocenters. The number of hydrogen-bond acceptors (Lipinski definition) is 3. The highest BCUT2D eigenvalue weighted by atomic mass is 32.1. The van der Waals surface area contributed by atoms with Gasteiger partial charge >= 0.3 is 0 Å². The van der Waals surface area contributed by atoms with E-state index in [0.29, 0.717) is 5.13 Å². The van der Waals surface area contributed by atoms with Crippen molar-refractivity contribution in [2.45, 2.75) is 71.1 Å². The number of rotatable bonds is 10. The first kappa shape index (κ1) is 14.5. The molecule has 98 valence electrons. The number of unbranched alkanes of at least 4 members (excludes halogenated alkanes) is 8. The molecule has 0 aliphatic heterocycles. The lowest BCUT2D eigenvalue weighted by molar-refractivity contribution is 0.565. The van der Waals surface area contributed by atoms with Gasteiger partial charge in [0.15, 0.2) is 5.13 Å². The van der Waals surface area contributed by atoms with Crippen molar-refractivity contribution in [3.63, 3.8) is 0 Å². The van der Waals surface area contributed by atoms with E-state index in [1.54, 1.807) is 11.3 Å². The summed E-state index contributed by atoms with van der Waals surface area (Å²) in [4.78, 5) is 5.41. The first-order chi connectivity index (χ1) is 8.33. The molecule has 0 saturated heterocycles. The zero-order valence-electron chi connectivity index (χ0n) is 11.1. The Hall–Kier alpha value is -0.570. The van der Waals surface area contributed by atoms with Crippen LogP contribution in [0.3, 0.4) is 0 Å². The molecule has 0 aliphatic rings. The van der Waals surface area contributed by atoms with E-state index in [9.17, 15) is 0 Å². The van der Waals surface area contributed by atoms with Gasteiger partial charge in [-0.2, -0.15) is 0 Å². The minimum absolute atomic E-state index is 0.705. The number of thiazole rings is 1. The third-order valence-electron chi connectivity index (χ3n) is 3.10. The van der Waals surface area contributed by atoms with Gasteiger partial charge in [-0.25, -0.2) is 4.98 Å². The molecule has 0 atom stereocenters. The Kier molecular flexibility index (Phi) is 8.06. The largest absolute Gasteiger partial charge is 0.375 e. The van der Waals surface area contributed by atoms with Crippen molar-refractivity contribution in [1.29, 1.82) is 0 Å². The van der Waals surface area contributed by atoms with Crippen LogP contribution < -0.4 is 5.73 Å². The predicted octanol–water partition coefficient (Wildman–Crippen LogP) is 4.80. The number of nitrogen functional groups attached to an aromatic ring is 1. The third-order valence-corrected chi connectivity index (χ3v) is 3.98. The molecule has 2 N–H and O–H groups in total. The van der Waals surface area contributed by atoms with Crippen LogP contribution in [0.1, 0.15) is 69.6 Å². The van der Waals surface area contributed by atoms with E-state index in [2.05, 4.69) is 11.9 Å². The zero-order chi connectivity index (χ0) is 12.3. The molecular formula is C14H26N2S. The number of anilines is 1. The van der Waals surface area contributed by atoms with Crippen molar-refractivity contribution in [3.8, 4) is 0 Å². The van der Waals surface area contributed by atoms with E-state index in [4.69, 9.17) is 5.73 Å². The molecule has 0 saturated carbocycles. The van der Waals surface area contributed by atoms with Gasteiger partial charge < -0.3 is 5.73 Å². The molecule has 1 rings (SSSR count). The van der Waals surface area contributed by atoms with Crippen molar-refractivity contribution in [2.24, 2.45) is 0 Å². The standard InChI is InChI=1S/C14H26N2S/c1-2-3-4-5-6-7-8-9-10-11-13-12-16-14(15)17-13/h12H,2-11H2,1H3,(H2,15,16). The summed E-state index contributed by atoms with van der Waals surface area (Å²) in [6.45, 7) is 2.27. The summed E-state index contributed by atoms with van der Waals surface area (Å²) in [7, 11) is 0. The average molecular weight is 254 g/mol. The molecule has 17 heavy (non-hydrogen) atoms. The van der Waals surface area contributed by atoms with Crippen LogP contribution in [0.5, 0.6) is 0 Å². The van der Waals surface area contributed by atoms with Gasteiger partial charge in [-0.1, -0.05) is 58.3 Å². The van der Waals surface area contributed by atoms with E-state index in [-0.39, 0.29) is 0 Å². The summed E-state index contributed by atoms with van der Waals surface area (Å²) in [5.74, 6) is 0. The quantitative estimate of drug-likeness (QED) is 0.609. The fourth-order valence-electron chi connectivity index (χ4n) is 2.05. The maximum atomic E-state index is 5.60. The highest BCUT2D eigenvalue weighted by Gasteiger charge is 1.98. The van der Waals surface area contributed by atoms with Crippen LogP contribution in [-0.2, 0) is 6.42 Å². The van der Waals surface area contributed by atoms with Crippen LogP contribution in [-0.4, -0.2) is 4.98 Å². The van der Waals surface area contributed by atoms with Crippen LogP contribution in [0.2, 0.25) is 0 Å². The van der Waals surface area contributed by atoms with E-state index in [1.165, 1.54) is 62.7 Å². The summed E-state index contributed by atoms with van der Waals surface area (Å²) < 4.78 is 0. The van der Waals surface area contributed by atoms with E-state index < -0.39 is 0 Å². The highest BCUT2D eigenvalue weighted by molar-refractivity contribution is 7.15. The van der Waals surface area contributed by atoms with Gasteiger partial charge in [0, 0.05) is 11.1 Å². The fourth-order valence-corrected chi connectivity index (χ4v) is 2.77. The van der Waals surface area contributed by atoms with Gasteiger partial charge in [-0.05, 0) is 12.8 Å². The second-order valence-electron chi connectivity index (χ2n) is 4.74. The molecule has 1 aromatic heterocycles. The number of aromatic nitrogens is 1. The number of nitrogens with two attached hydrogens (primary N) is 1. The normalized spacial score (nSPS) is 10.9. The van der Waals surface area contributed by atoms with E-state index in [1.807, 2.05) is 6.20 Å². The SMILES string of the molecule is CCCCCCCCCCCc1cnc(N)s1. The molecule has 0 radical (unpaired) electrons. The molecule has 0 aliphatic carbocycles. The summed E-state index contributed by atoms with van der Waals surface area (Å²) in [5.41, 5.74) is 5.60. The van der Waals surface area contributed by atoms with Crippen LogP contribution in [0.4, 0.5) is 5.13 Å². The molecule has 0 aromatic carbocycles. The zero-order valence-corrected chi connectivity index (χ0v) is 11.9. The predicted molar refractivity (Wildman–Crippen MR) is 77.5 cm³/mol. The molecule has 0 bridgehead atoms. The molecular weight excluding hydrogens is 228 g/mol. The van der Waals surface area contributed by atoms with E-state index in [0.717, 1.165) is 6.42 Å². The molecule has 3 heteroatoms. The summed E-state index contributed by atoms with van der Waals surface area (Å²) >= 11 is 1.63. The molecule has 1 aromatic rings. The average Bonchev–Trinajstić information content (AvgIpc) is 2.73. The van der Waals surface area contributed by atoms with Crippen molar-refractivity contribution in [3.05, 3.63) is 11.1 Å². The number of aryl methyl sites for hydroxylation is 1. The molecule has 0 fully saturated rings. The van der Waals surface area contributed by atoms with Crippen molar-refractivity contribution < 1.29 is 0 Å². The molecule has 2 nitrogen and oxygen atoms in total. The van der Waals surface area contributed by atoms with Gasteiger partial charge in [0.25, 0.3) is 0 Å². The number of hydrogen-bond donors (Lipinski definition) is 1. The molecule has 0 spiro atoms. The van der Waals surface area contributed by atoms with Crippen LogP contribution in [0, 0.1) is 0 Å². The number of nitrogens with zero attached hydrogens (tertiary/aromatic N) is 1. The smallest absolute Gasteiger partial charge is 0.180 e. The van der Waals surface area contributed by atoms with Crippen molar-refractivity contribution in [2.75, 3.05) is 5.73 Å². The summed E-state index contributed by atoms with van der Waals surface area (Å²) in [6, 6.07) is 0. The highest BCUT2D eigenvalue weighted by Crippen LogP contribution is 2.17. The lowest BCUT2D eigenvalue weighted by atomic mass is 10.1. The Balaban J connectivity index is 1.84. The second kappa shape index (κ2) is 9.46. The Bertz CT molecular complexity index is 284. The second-order valence-corrected chi connectivity index (χ2v) is 5.89. The van der Waals surface area contributed by atoms with Gasteiger partial charge in [0.1, 0.15) is 0 Å². The van der Waals surface area contributed by atoms with Gasteiger partial charge in [-0.15, -0.1) is 11.3 Å². The van der Waals surface area contributed by atoms with Gasteiger partial charge in [0.2, 0.25) is 0 Å². The lowest BCUT2D eigenvalue weighted by Gasteiger charge is -2.01. The fraction of sp³-hybridized carbons (Fsp3) is 0.786. The Morgan fingerprint density at radius 3 is 2.12 bits per heavy atom. The third kappa shape index (κ3) is 7.37. The molecule has 0 amide bonds.